The molecular formula is C5H5ClO3. The molecule has 1 aliphatic carbocycles. The molecule has 1 rings (SSSR count). The van der Waals surface area contributed by atoms with Crippen LogP contribution in [0.3, 0.4) is 0 Å². The molecule has 0 bridgehead atoms. The van der Waals surface area contributed by atoms with Gasteiger partial charge in [-0.25, -0.2) is 4.79 Å². The number of carbonyl (C=O) groups is 2. The van der Waals surface area contributed by atoms with E-state index in [-0.39, 0.29) is 5.38 Å². The minimum atomic E-state index is -1.37. The van der Waals surface area contributed by atoms with Gasteiger partial charge in [-0.3, -0.25) is 4.79 Å². The van der Waals surface area contributed by atoms with Crippen LogP contribution < -0.4 is 0 Å². The molecule has 50 valence electrons. The Morgan fingerprint density at radius 2 is 2.00 bits per heavy atom. The van der Waals surface area contributed by atoms with E-state index in [1.54, 1.807) is 0 Å². The Hall–Kier alpha value is -0.570. The molecule has 9 heavy (non-hydrogen) atoms. The third-order valence-corrected chi connectivity index (χ3v) is 1.74. The van der Waals surface area contributed by atoms with E-state index in [4.69, 9.17) is 16.7 Å². The smallest absolute Gasteiger partial charge is 0.372 e. The summed E-state index contributed by atoms with van der Waals surface area (Å²) in [5.41, 5.74) is 0. The lowest BCUT2D eigenvalue weighted by molar-refractivity contribution is -0.149. The van der Waals surface area contributed by atoms with Gasteiger partial charge in [-0.15, -0.1) is 11.6 Å². The van der Waals surface area contributed by atoms with Crippen LogP contribution in [-0.4, -0.2) is 22.2 Å². The summed E-state index contributed by atoms with van der Waals surface area (Å²) in [5.74, 6) is -2.54. The van der Waals surface area contributed by atoms with E-state index < -0.39 is 17.7 Å². The van der Waals surface area contributed by atoms with Crippen molar-refractivity contribution in [1.82, 2.24) is 0 Å². The Bertz CT molecular complexity index is 166. The Morgan fingerprint density at radius 3 is 2.11 bits per heavy atom. The SMILES string of the molecule is O=C(O)C(=O)C1CC1Cl. The van der Waals surface area contributed by atoms with Gasteiger partial charge in [0.2, 0.25) is 5.78 Å². The maximum atomic E-state index is 10.4. The number of alkyl halides is 1. The maximum Gasteiger partial charge on any atom is 0.372 e. The molecule has 0 aliphatic heterocycles. The lowest BCUT2D eigenvalue weighted by atomic mass is 10.3. The molecule has 3 nitrogen and oxygen atoms in total. The van der Waals surface area contributed by atoms with Gasteiger partial charge in [0.05, 0.1) is 0 Å². The zero-order valence-corrected chi connectivity index (χ0v) is 5.26. The predicted octanol–water partition coefficient (Wildman–Crippen LogP) is 0.267. The minimum absolute atomic E-state index is 0.228. The highest BCUT2D eigenvalue weighted by Crippen LogP contribution is 2.36. The first-order chi connectivity index (χ1) is 4.13. The van der Waals surface area contributed by atoms with Gasteiger partial charge >= 0.3 is 5.97 Å². The third-order valence-electron chi connectivity index (χ3n) is 1.26. The summed E-state index contributed by atoms with van der Waals surface area (Å²) in [6, 6.07) is 0. The second-order valence-electron chi connectivity index (χ2n) is 2.03. The number of carbonyl (C=O) groups excluding carboxylic acids is 1. The van der Waals surface area contributed by atoms with E-state index >= 15 is 0 Å². The maximum absolute atomic E-state index is 10.4. The summed E-state index contributed by atoms with van der Waals surface area (Å²) in [6.07, 6.45) is 0.521. The fourth-order valence-corrected chi connectivity index (χ4v) is 0.900. The van der Waals surface area contributed by atoms with Crippen molar-refractivity contribution >= 4 is 23.4 Å². The lowest BCUT2D eigenvalue weighted by Gasteiger charge is -1.85. The molecular weight excluding hydrogens is 144 g/mol. The van der Waals surface area contributed by atoms with Crippen molar-refractivity contribution in [2.45, 2.75) is 11.8 Å². The van der Waals surface area contributed by atoms with Crippen LogP contribution in [0.25, 0.3) is 0 Å². The molecule has 0 aromatic rings. The fraction of sp³-hybridized carbons (Fsp3) is 0.600. The minimum Gasteiger partial charge on any atom is -0.475 e. The molecule has 0 aromatic carbocycles. The van der Waals surface area contributed by atoms with E-state index in [9.17, 15) is 9.59 Å². The van der Waals surface area contributed by atoms with Crippen molar-refractivity contribution in [1.29, 1.82) is 0 Å². The molecule has 0 heterocycles. The number of rotatable bonds is 2. The highest BCUT2D eigenvalue weighted by molar-refractivity contribution is 6.38. The first-order valence-electron chi connectivity index (χ1n) is 2.54. The molecule has 0 amide bonds. The monoisotopic (exact) mass is 148 g/mol. The van der Waals surface area contributed by atoms with E-state index in [1.807, 2.05) is 0 Å². The topological polar surface area (TPSA) is 54.4 Å². The summed E-state index contributed by atoms with van der Waals surface area (Å²) >= 11 is 5.41. The van der Waals surface area contributed by atoms with Crippen LogP contribution in [0.1, 0.15) is 6.42 Å². The van der Waals surface area contributed by atoms with Crippen LogP contribution in [-0.2, 0) is 9.59 Å². The normalized spacial score (nSPS) is 31.7. The average molecular weight is 149 g/mol. The first-order valence-corrected chi connectivity index (χ1v) is 2.98. The van der Waals surface area contributed by atoms with Crippen LogP contribution in [0, 0.1) is 5.92 Å². The lowest BCUT2D eigenvalue weighted by Crippen LogP contribution is -2.15. The number of hydrogen-bond donors (Lipinski definition) is 1. The quantitative estimate of drug-likeness (QED) is 0.452. The molecule has 0 saturated heterocycles. The van der Waals surface area contributed by atoms with Crippen LogP contribution >= 0.6 is 11.6 Å². The number of Topliss-reactive ketones (excluding diaryl/α,β-unsaturated/α-hetero) is 1. The summed E-state index contributed by atoms with van der Waals surface area (Å²) in [4.78, 5) is 20.3. The number of halogens is 1. The molecule has 1 fully saturated rings. The molecule has 1 saturated carbocycles. The molecule has 1 N–H and O–H groups in total. The molecule has 1 aliphatic rings. The number of aliphatic carboxylic acids is 1. The molecule has 4 heteroatoms. The second-order valence-corrected chi connectivity index (χ2v) is 2.59. The highest BCUT2D eigenvalue weighted by Gasteiger charge is 2.44. The van der Waals surface area contributed by atoms with Crippen molar-refractivity contribution in [3.8, 4) is 0 Å². The standard InChI is InChI=1S/C5H5ClO3/c6-3-1-2(3)4(7)5(8)9/h2-3H,1H2,(H,8,9). The zero-order valence-electron chi connectivity index (χ0n) is 4.50. The molecule has 0 radical (unpaired) electrons. The van der Waals surface area contributed by atoms with Crippen molar-refractivity contribution in [3.63, 3.8) is 0 Å². The molecule has 0 aromatic heterocycles. The fourth-order valence-electron chi connectivity index (χ4n) is 0.594. The molecule has 2 atom stereocenters. The summed E-state index contributed by atoms with van der Waals surface area (Å²) in [6.45, 7) is 0. The Balaban J connectivity index is 2.46. The summed E-state index contributed by atoms with van der Waals surface area (Å²) in [7, 11) is 0. The Morgan fingerprint density at radius 1 is 1.56 bits per heavy atom. The average Bonchev–Trinajstić information content (AvgIpc) is 2.44. The van der Waals surface area contributed by atoms with Gasteiger partial charge in [0.15, 0.2) is 0 Å². The molecule has 2 unspecified atom stereocenters. The predicted molar refractivity (Wildman–Crippen MR) is 30.4 cm³/mol. The summed E-state index contributed by atoms with van der Waals surface area (Å²) in [5, 5.41) is 7.87. The van der Waals surface area contributed by atoms with E-state index in [1.165, 1.54) is 0 Å². The van der Waals surface area contributed by atoms with Crippen LogP contribution in [0.15, 0.2) is 0 Å². The van der Waals surface area contributed by atoms with E-state index in [2.05, 4.69) is 0 Å². The van der Waals surface area contributed by atoms with Crippen molar-refractivity contribution in [2.75, 3.05) is 0 Å². The van der Waals surface area contributed by atoms with Gasteiger partial charge in [0.1, 0.15) is 0 Å². The van der Waals surface area contributed by atoms with Gasteiger partial charge in [-0.1, -0.05) is 0 Å². The largest absolute Gasteiger partial charge is 0.475 e. The zero-order chi connectivity index (χ0) is 7.02. The number of carboxylic acids is 1. The third kappa shape index (κ3) is 1.21. The van der Waals surface area contributed by atoms with Crippen LogP contribution in [0.5, 0.6) is 0 Å². The number of hydrogen-bond acceptors (Lipinski definition) is 2. The van der Waals surface area contributed by atoms with Crippen molar-refractivity contribution < 1.29 is 14.7 Å². The summed E-state index contributed by atoms with van der Waals surface area (Å²) < 4.78 is 0. The second kappa shape index (κ2) is 1.99. The van der Waals surface area contributed by atoms with Gasteiger partial charge < -0.3 is 5.11 Å². The van der Waals surface area contributed by atoms with E-state index in [0.29, 0.717) is 6.42 Å². The van der Waals surface area contributed by atoms with Gasteiger partial charge in [-0.2, -0.15) is 0 Å². The van der Waals surface area contributed by atoms with Crippen LogP contribution in [0.4, 0.5) is 0 Å². The number of carboxylic acid groups (broad SMARTS) is 1. The van der Waals surface area contributed by atoms with Gasteiger partial charge in [0.25, 0.3) is 0 Å². The first kappa shape index (κ1) is 6.55. The van der Waals surface area contributed by atoms with Crippen molar-refractivity contribution in [3.05, 3.63) is 0 Å². The van der Waals surface area contributed by atoms with Crippen LogP contribution in [0.2, 0.25) is 0 Å². The Labute approximate surface area is 56.6 Å². The van der Waals surface area contributed by atoms with Crippen molar-refractivity contribution in [2.24, 2.45) is 5.92 Å². The number of ketones is 1. The van der Waals surface area contributed by atoms with E-state index in [0.717, 1.165) is 0 Å². The van der Waals surface area contributed by atoms with Gasteiger partial charge in [-0.05, 0) is 6.42 Å². The van der Waals surface area contributed by atoms with Gasteiger partial charge in [0, 0.05) is 11.3 Å². The Kier molecular flexibility index (Phi) is 1.45. The highest BCUT2D eigenvalue weighted by atomic mass is 35.5. The molecule has 0 spiro atoms.